The van der Waals surface area contributed by atoms with Gasteiger partial charge in [-0.05, 0) is 25.3 Å². The van der Waals surface area contributed by atoms with Crippen molar-refractivity contribution in [2.45, 2.75) is 52.1 Å². The van der Waals surface area contributed by atoms with Crippen LogP contribution in [0, 0.1) is 5.92 Å². The van der Waals surface area contributed by atoms with Gasteiger partial charge in [0.1, 0.15) is 0 Å². The number of likely N-dealkylation sites (N-methyl/N-ethyl adjacent to an activating group) is 1. The highest BCUT2D eigenvalue weighted by Gasteiger charge is 2.29. The van der Waals surface area contributed by atoms with Gasteiger partial charge < -0.3 is 15.5 Å². The molecule has 106 valence electrons. The number of hydrogen-bond donors (Lipinski definition) is 1. The molecule has 1 saturated heterocycles. The van der Waals surface area contributed by atoms with Gasteiger partial charge in [0, 0.05) is 26.2 Å². The van der Waals surface area contributed by atoms with Crippen molar-refractivity contribution in [1.82, 2.24) is 9.80 Å². The molecule has 2 atom stereocenters. The number of hydrogen-bond acceptors (Lipinski definition) is 3. The van der Waals surface area contributed by atoms with Crippen LogP contribution in [0.15, 0.2) is 0 Å². The molecule has 0 spiro atoms. The molecule has 2 N–H and O–H groups in total. The molecular formula is C14H29N3O. The highest BCUT2D eigenvalue weighted by atomic mass is 16.2. The maximum atomic E-state index is 12.3. The first-order chi connectivity index (χ1) is 8.51. The normalized spacial score (nSPS) is 21.6. The summed E-state index contributed by atoms with van der Waals surface area (Å²) in [4.78, 5) is 16.6. The standard InChI is InChI=1S/C14H29N3O/c1-5-11(3)13(15)14(18)16(4)12-7-9-17(6-2)10-8-12/h11-13H,5-10,15H2,1-4H3/t11-,13-/m0/s1. The predicted octanol–water partition coefficient (Wildman–Crippen LogP) is 1.30. The summed E-state index contributed by atoms with van der Waals surface area (Å²) >= 11 is 0. The van der Waals surface area contributed by atoms with Gasteiger partial charge in [-0.2, -0.15) is 0 Å². The van der Waals surface area contributed by atoms with Crippen LogP contribution in [0.25, 0.3) is 0 Å². The monoisotopic (exact) mass is 255 g/mol. The molecule has 0 aliphatic carbocycles. The van der Waals surface area contributed by atoms with Crippen LogP contribution in [-0.2, 0) is 4.79 Å². The molecule has 4 heteroatoms. The maximum Gasteiger partial charge on any atom is 0.239 e. The van der Waals surface area contributed by atoms with E-state index in [-0.39, 0.29) is 17.9 Å². The Bertz CT molecular complexity index is 262. The van der Waals surface area contributed by atoms with E-state index >= 15 is 0 Å². The average molecular weight is 255 g/mol. The highest BCUT2D eigenvalue weighted by molar-refractivity contribution is 5.82. The first-order valence-electron chi connectivity index (χ1n) is 7.25. The molecule has 1 heterocycles. The third-order valence-corrected chi connectivity index (χ3v) is 4.44. The fourth-order valence-corrected chi connectivity index (χ4v) is 2.54. The number of nitrogens with zero attached hydrogens (tertiary/aromatic N) is 2. The van der Waals surface area contributed by atoms with Crippen LogP contribution in [0.2, 0.25) is 0 Å². The summed E-state index contributed by atoms with van der Waals surface area (Å²) in [5, 5.41) is 0. The number of carbonyl (C=O) groups is 1. The second-order valence-electron chi connectivity index (χ2n) is 5.53. The molecule has 4 nitrogen and oxygen atoms in total. The van der Waals surface area contributed by atoms with Crippen molar-refractivity contribution >= 4 is 5.91 Å². The van der Waals surface area contributed by atoms with E-state index in [0.717, 1.165) is 38.9 Å². The van der Waals surface area contributed by atoms with Gasteiger partial charge in [0.2, 0.25) is 5.91 Å². The molecule has 1 amide bonds. The predicted molar refractivity (Wildman–Crippen MR) is 75.3 cm³/mol. The minimum atomic E-state index is -0.343. The lowest BCUT2D eigenvalue weighted by molar-refractivity contribution is -0.135. The second-order valence-corrected chi connectivity index (χ2v) is 5.53. The van der Waals surface area contributed by atoms with Gasteiger partial charge >= 0.3 is 0 Å². The van der Waals surface area contributed by atoms with Crippen LogP contribution in [0.4, 0.5) is 0 Å². The number of nitrogens with two attached hydrogens (primary N) is 1. The van der Waals surface area contributed by atoms with Crippen LogP contribution in [0.5, 0.6) is 0 Å². The lowest BCUT2D eigenvalue weighted by atomic mass is 9.97. The Labute approximate surface area is 111 Å². The first-order valence-corrected chi connectivity index (χ1v) is 7.25. The fourth-order valence-electron chi connectivity index (χ4n) is 2.54. The summed E-state index contributed by atoms with van der Waals surface area (Å²) in [6, 6.07) is 0.0274. The number of piperidine rings is 1. The molecule has 18 heavy (non-hydrogen) atoms. The van der Waals surface area contributed by atoms with Crippen molar-refractivity contribution in [3.05, 3.63) is 0 Å². The van der Waals surface area contributed by atoms with E-state index in [2.05, 4.69) is 25.7 Å². The lowest BCUT2D eigenvalue weighted by Crippen LogP contribution is -2.52. The summed E-state index contributed by atoms with van der Waals surface area (Å²) < 4.78 is 0. The number of amides is 1. The molecule has 0 aromatic heterocycles. The zero-order valence-electron chi connectivity index (χ0n) is 12.4. The average Bonchev–Trinajstić information content (AvgIpc) is 2.44. The minimum Gasteiger partial charge on any atom is -0.341 e. The largest absolute Gasteiger partial charge is 0.341 e. The summed E-state index contributed by atoms with van der Waals surface area (Å²) in [6.45, 7) is 9.62. The molecule has 0 aromatic rings. The molecule has 0 aromatic carbocycles. The van der Waals surface area contributed by atoms with Crippen LogP contribution >= 0.6 is 0 Å². The summed E-state index contributed by atoms with van der Waals surface area (Å²) in [5.74, 6) is 0.370. The summed E-state index contributed by atoms with van der Waals surface area (Å²) in [6.07, 6.45) is 3.10. The van der Waals surface area contributed by atoms with Gasteiger partial charge in [0.15, 0.2) is 0 Å². The first kappa shape index (κ1) is 15.4. The fraction of sp³-hybridized carbons (Fsp3) is 0.929. The Balaban J connectivity index is 2.49. The molecule has 1 aliphatic rings. The van der Waals surface area contributed by atoms with Gasteiger partial charge in [0.25, 0.3) is 0 Å². The number of carbonyl (C=O) groups excluding carboxylic acids is 1. The molecule has 1 fully saturated rings. The van der Waals surface area contributed by atoms with E-state index in [9.17, 15) is 4.79 Å². The van der Waals surface area contributed by atoms with Crippen LogP contribution in [0.1, 0.15) is 40.0 Å². The van der Waals surface area contributed by atoms with Crippen LogP contribution < -0.4 is 5.73 Å². The van der Waals surface area contributed by atoms with E-state index in [4.69, 9.17) is 5.73 Å². The molecule has 0 bridgehead atoms. The van der Waals surface area contributed by atoms with Crippen LogP contribution in [0.3, 0.4) is 0 Å². The summed E-state index contributed by atoms with van der Waals surface area (Å²) in [7, 11) is 1.91. The molecule has 1 rings (SSSR count). The molecular weight excluding hydrogens is 226 g/mol. The molecule has 0 radical (unpaired) electrons. The number of likely N-dealkylation sites (tertiary alicyclic amines) is 1. The molecule has 0 saturated carbocycles. The van der Waals surface area contributed by atoms with Gasteiger partial charge in [-0.15, -0.1) is 0 Å². The quantitative estimate of drug-likeness (QED) is 0.805. The van der Waals surface area contributed by atoms with Crippen molar-refractivity contribution in [2.24, 2.45) is 11.7 Å². The zero-order valence-corrected chi connectivity index (χ0v) is 12.4. The third-order valence-electron chi connectivity index (χ3n) is 4.44. The lowest BCUT2D eigenvalue weighted by Gasteiger charge is -2.37. The van der Waals surface area contributed by atoms with Crippen molar-refractivity contribution in [1.29, 1.82) is 0 Å². The Kier molecular flexibility index (Phi) is 6.09. The second kappa shape index (κ2) is 7.10. The zero-order chi connectivity index (χ0) is 13.7. The van der Waals surface area contributed by atoms with E-state index < -0.39 is 0 Å². The van der Waals surface area contributed by atoms with Crippen molar-refractivity contribution in [3.8, 4) is 0 Å². The Hall–Kier alpha value is -0.610. The molecule has 0 unspecified atom stereocenters. The smallest absolute Gasteiger partial charge is 0.239 e. The van der Waals surface area contributed by atoms with Gasteiger partial charge in [-0.1, -0.05) is 27.2 Å². The van der Waals surface area contributed by atoms with E-state index in [1.165, 1.54) is 0 Å². The molecule has 1 aliphatic heterocycles. The van der Waals surface area contributed by atoms with Crippen molar-refractivity contribution in [2.75, 3.05) is 26.7 Å². The van der Waals surface area contributed by atoms with Gasteiger partial charge in [0.05, 0.1) is 6.04 Å². The van der Waals surface area contributed by atoms with E-state index in [1.54, 1.807) is 0 Å². The van der Waals surface area contributed by atoms with Crippen molar-refractivity contribution < 1.29 is 4.79 Å². The minimum absolute atomic E-state index is 0.110. The topological polar surface area (TPSA) is 49.6 Å². The van der Waals surface area contributed by atoms with Crippen molar-refractivity contribution in [3.63, 3.8) is 0 Å². The van der Waals surface area contributed by atoms with Crippen LogP contribution in [-0.4, -0.2) is 54.5 Å². The third kappa shape index (κ3) is 3.69. The maximum absolute atomic E-state index is 12.3. The van der Waals surface area contributed by atoms with Gasteiger partial charge in [-0.25, -0.2) is 0 Å². The van der Waals surface area contributed by atoms with E-state index in [0.29, 0.717) is 6.04 Å². The number of rotatable bonds is 5. The SMILES string of the molecule is CC[C@H](C)[C@H](N)C(=O)N(C)C1CCN(CC)CC1. The Morgan fingerprint density at radius 3 is 2.39 bits per heavy atom. The van der Waals surface area contributed by atoms with Gasteiger partial charge in [-0.3, -0.25) is 4.79 Å². The Morgan fingerprint density at radius 2 is 1.94 bits per heavy atom. The van der Waals surface area contributed by atoms with E-state index in [1.807, 2.05) is 11.9 Å². The highest BCUT2D eigenvalue weighted by Crippen LogP contribution is 2.17. The summed E-state index contributed by atoms with van der Waals surface area (Å²) in [5.41, 5.74) is 6.03. The Morgan fingerprint density at radius 1 is 1.39 bits per heavy atom.